The summed E-state index contributed by atoms with van der Waals surface area (Å²) in [6.45, 7) is 3.35. The second-order valence-corrected chi connectivity index (χ2v) is 5.96. The van der Waals surface area contributed by atoms with Crippen LogP contribution in [-0.2, 0) is 16.1 Å². The van der Waals surface area contributed by atoms with Crippen molar-refractivity contribution in [3.05, 3.63) is 35.1 Å². The number of carbonyl (C=O) groups is 2. The number of rotatable bonds is 3. The van der Waals surface area contributed by atoms with Gasteiger partial charge in [-0.05, 0) is 6.07 Å². The molecule has 1 saturated heterocycles. The van der Waals surface area contributed by atoms with Crippen molar-refractivity contribution in [2.24, 2.45) is 11.1 Å². The van der Waals surface area contributed by atoms with Gasteiger partial charge in [0.25, 0.3) is 0 Å². The van der Waals surface area contributed by atoms with Gasteiger partial charge in [-0.2, -0.15) is 0 Å². The molecule has 1 aromatic carbocycles. The van der Waals surface area contributed by atoms with Gasteiger partial charge in [0.1, 0.15) is 10.8 Å². The van der Waals surface area contributed by atoms with E-state index in [1.165, 1.54) is 12.1 Å². The first-order chi connectivity index (χ1) is 9.22. The van der Waals surface area contributed by atoms with Gasteiger partial charge in [0.2, 0.25) is 11.8 Å². The van der Waals surface area contributed by atoms with Crippen LogP contribution in [0, 0.1) is 11.2 Å². The predicted octanol–water partition coefficient (Wildman–Crippen LogP) is 1.75. The largest absolute Gasteiger partial charge is 0.389 e. The van der Waals surface area contributed by atoms with Gasteiger partial charge in [0.15, 0.2) is 0 Å². The molecule has 0 bridgehead atoms. The minimum Gasteiger partial charge on any atom is -0.389 e. The molecule has 6 heteroatoms. The first kappa shape index (κ1) is 14.6. The van der Waals surface area contributed by atoms with E-state index in [2.05, 4.69) is 0 Å². The SMILES string of the molecule is CC1(C)CC(=O)N(Cc2ccc(C(N)=S)cc2F)C1=O. The highest BCUT2D eigenvalue weighted by Crippen LogP contribution is 2.32. The molecule has 0 aliphatic carbocycles. The van der Waals surface area contributed by atoms with Crippen LogP contribution >= 0.6 is 12.2 Å². The highest BCUT2D eigenvalue weighted by atomic mass is 32.1. The zero-order valence-electron chi connectivity index (χ0n) is 11.3. The number of benzene rings is 1. The maximum absolute atomic E-state index is 13.9. The summed E-state index contributed by atoms with van der Waals surface area (Å²) >= 11 is 4.77. The van der Waals surface area contributed by atoms with Crippen molar-refractivity contribution in [2.75, 3.05) is 0 Å². The fraction of sp³-hybridized carbons (Fsp3) is 0.357. The quantitative estimate of drug-likeness (QED) is 0.681. The summed E-state index contributed by atoms with van der Waals surface area (Å²) < 4.78 is 13.9. The molecule has 2 N–H and O–H groups in total. The van der Waals surface area contributed by atoms with E-state index < -0.39 is 11.2 Å². The molecule has 0 saturated carbocycles. The van der Waals surface area contributed by atoms with Crippen LogP contribution in [0.15, 0.2) is 18.2 Å². The van der Waals surface area contributed by atoms with E-state index in [9.17, 15) is 14.0 Å². The lowest BCUT2D eigenvalue weighted by Crippen LogP contribution is -2.32. The van der Waals surface area contributed by atoms with Crippen molar-refractivity contribution in [1.29, 1.82) is 0 Å². The summed E-state index contributed by atoms with van der Waals surface area (Å²) in [5, 5.41) is 0. The Balaban J connectivity index is 2.25. The van der Waals surface area contributed by atoms with E-state index >= 15 is 0 Å². The number of nitrogens with zero attached hydrogens (tertiary/aromatic N) is 1. The Morgan fingerprint density at radius 2 is 2.10 bits per heavy atom. The van der Waals surface area contributed by atoms with Crippen LogP contribution in [0.4, 0.5) is 4.39 Å². The van der Waals surface area contributed by atoms with Crippen LogP contribution in [0.5, 0.6) is 0 Å². The highest BCUT2D eigenvalue weighted by molar-refractivity contribution is 7.80. The number of hydrogen-bond acceptors (Lipinski definition) is 3. The van der Waals surface area contributed by atoms with Crippen molar-refractivity contribution in [3.8, 4) is 0 Å². The zero-order valence-corrected chi connectivity index (χ0v) is 12.1. The Morgan fingerprint density at radius 3 is 2.55 bits per heavy atom. The summed E-state index contributed by atoms with van der Waals surface area (Å²) in [6, 6.07) is 4.29. The summed E-state index contributed by atoms with van der Waals surface area (Å²) in [6.07, 6.45) is 0.151. The smallest absolute Gasteiger partial charge is 0.235 e. The average Bonchev–Trinajstić information content (AvgIpc) is 2.53. The van der Waals surface area contributed by atoms with Crippen LogP contribution in [0.2, 0.25) is 0 Å². The van der Waals surface area contributed by atoms with E-state index in [-0.39, 0.29) is 35.3 Å². The van der Waals surface area contributed by atoms with Gasteiger partial charge in [-0.25, -0.2) is 4.39 Å². The highest BCUT2D eigenvalue weighted by Gasteiger charge is 2.44. The maximum atomic E-state index is 13.9. The Labute approximate surface area is 121 Å². The normalized spacial score (nSPS) is 17.6. The van der Waals surface area contributed by atoms with Crippen LogP contribution < -0.4 is 5.73 Å². The number of imide groups is 1. The summed E-state index contributed by atoms with van der Waals surface area (Å²) in [5.41, 5.74) is 5.39. The van der Waals surface area contributed by atoms with Gasteiger partial charge >= 0.3 is 0 Å². The minimum absolute atomic E-state index is 0.0649. The fourth-order valence-electron chi connectivity index (χ4n) is 2.19. The third kappa shape index (κ3) is 2.56. The molecule has 1 aromatic rings. The lowest BCUT2D eigenvalue weighted by molar-refractivity contribution is -0.141. The zero-order chi connectivity index (χ0) is 15.1. The minimum atomic E-state index is -0.716. The van der Waals surface area contributed by atoms with Gasteiger partial charge < -0.3 is 5.73 Å². The molecule has 1 aliphatic heterocycles. The lowest BCUT2D eigenvalue weighted by atomic mass is 9.92. The molecule has 0 unspecified atom stereocenters. The molecule has 0 spiro atoms. The molecular formula is C14H15FN2O2S. The van der Waals surface area contributed by atoms with E-state index in [0.29, 0.717) is 5.56 Å². The van der Waals surface area contributed by atoms with Crippen molar-refractivity contribution >= 4 is 29.0 Å². The maximum Gasteiger partial charge on any atom is 0.235 e. The molecular weight excluding hydrogens is 279 g/mol. The Bertz CT molecular complexity index is 613. The van der Waals surface area contributed by atoms with Crippen LogP contribution in [0.3, 0.4) is 0 Å². The topological polar surface area (TPSA) is 63.4 Å². The third-order valence-corrected chi connectivity index (χ3v) is 3.62. The van der Waals surface area contributed by atoms with Crippen molar-refractivity contribution < 1.29 is 14.0 Å². The number of hydrogen-bond donors (Lipinski definition) is 1. The molecule has 1 aliphatic rings. The van der Waals surface area contributed by atoms with Gasteiger partial charge in [0.05, 0.1) is 12.0 Å². The molecule has 2 amide bonds. The Kier molecular flexibility index (Phi) is 3.60. The van der Waals surface area contributed by atoms with Crippen LogP contribution in [-0.4, -0.2) is 21.7 Å². The molecule has 0 aromatic heterocycles. The monoisotopic (exact) mass is 294 g/mol. The lowest BCUT2D eigenvalue weighted by Gasteiger charge is -2.18. The summed E-state index contributed by atoms with van der Waals surface area (Å²) in [4.78, 5) is 25.1. The molecule has 0 atom stereocenters. The summed E-state index contributed by atoms with van der Waals surface area (Å²) in [7, 11) is 0. The van der Waals surface area contributed by atoms with Crippen LogP contribution in [0.1, 0.15) is 31.4 Å². The number of likely N-dealkylation sites (tertiary alicyclic amines) is 1. The molecule has 106 valence electrons. The second kappa shape index (κ2) is 4.94. The van der Waals surface area contributed by atoms with Gasteiger partial charge in [-0.1, -0.05) is 38.2 Å². The van der Waals surface area contributed by atoms with Gasteiger partial charge in [-0.3, -0.25) is 14.5 Å². The average molecular weight is 294 g/mol. The second-order valence-electron chi connectivity index (χ2n) is 5.52. The van der Waals surface area contributed by atoms with E-state index in [4.69, 9.17) is 18.0 Å². The molecule has 20 heavy (non-hydrogen) atoms. The first-order valence-corrected chi connectivity index (χ1v) is 6.56. The van der Waals surface area contributed by atoms with Gasteiger partial charge in [-0.15, -0.1) is 0 Å². The number of amides is 2. The standard InChI is InChI=1S/C14H15FN2O2S/c1-14(2)6-11(18)17(13(14)19)7-9-4-3-8(12(16)20)5-10(9)15/h3-5H,6-7H2,1-2H3,(H2,16,20). The van der Waals surface area contributed by atoms with Crippen molar-refractivity contribution in [3.63, 3.8) is 0 Å². The number of carbonyl (C=O) groups excluding carboxylic acids is 2. The van der Waals surface area contributed by atoms with E-state index in [1.54, 1.807) is 19.9 Å². The first-order valence-electron chi connectivity index (χ1n) is 6.15. The molecule has 2 rings (SSSR count). The molecule has 4 nitrogen and oxygen atoms in total. The summed E-state index contributed by atoms with van der Waals surface area (Å²) in [5.74, 6) is -1.08. The number of thiocarbonyl (C=S) groups is 1. The molecule has 1 fully saturated rings. The number of nitrogens with two attached hydrogens (primary N) is 1. The predicted molar refractivity (Wildman–Crippen MR) is 76.2 cm³/mol. The van der Waals surface area contributed by atoms with E-state index in [0.717, 1.165) is 4.90 Å². The van der Waals surface area contributed by atoms with Gasteiger partial charge in [0, 0.05) is 17.5 Å². The molecule has 1 heterocycles. The van der Waals surface area contributed by atoms with E-state index in [1.807, 2.05) is 0 Å². The Hall–Kier alpha value is -1.82. The van der Waals surface area contributed by atoms with Crippen molar-refractivity contribution in [1.82, 2.24) is 4.90 Å². The molecule has 0 radical (unpaired) electrons. The van der Waals surface area contributed by atoms with Crippen molar-refractivity contribution in [2.45, 2.75) is 26.8 Å². The Morgan fingerprint density at radius 1 is 1.45 bits per heavy atom. The number of halogens is 1. The third-order valence-electron chi connectivity index (χ3n) is 3.38. The van der Waals surface area contributed by atoms with Crippen LogP contribution in [0.25, 0.3) is 0 Å². The fourth-order valence-corrected chi connectivity index (χ4v) is 2.31.